The second kappa shape index (κ2) is 19.7. The highest BCUT2D eigenvalue weighted by atomic mass is 16.7. The van der Waals surface area contributed by atoms with Gasteiger partial charge in [-0.25, -0.2) is 15.5 Å². The van der Waals surface area contributed by atoms with Gasteiger partial charge in [0.25, 0.3) is 0 Å². The largest absolute Gasteiger partial charge is 0.479 e. The lowest BCUT2D eigenvalue weighted by atomic mass is 9.38. The van der Waals surface area contributed by atoms with Gasteiger partial charge in [-0.1, -0.05) is 55.8 Å². The van der Waals surface area contributed by atoms with Gasteiger partial charge in [0.1, 0.15) is 43.9 Å². The lowest BCUT2D eigenvalue weighted by Crippen LogP contribution is -2.75. The van der Waals surface area contributed by atoms with E-state index in [-0.39, 0.29) is 66.4 Å². The number of hydrogen-bond donors (Lipinski definition) is 10. The molecule has 0 unspecified atom stereocenters. The lowest BCUT2D eigenvalue weighted by molar-refractivity contribution is -0.271. The third-order valence-corrected chi connectivity index (χ3v) is 17.8. The standard InChI is InChI=1S/C53H64N4O18/c1-49-13-11-30(59)16-29(49)8-9-31-32-17-37-53(36(61)20-58,50(32,2)19-34(60)40(31)49)75-46(73-37)28-6-3-26(4-7-28)18-51-23-52(24-51,25-51)57-48(69)70-21-27-5-10-35(33(15-27)56-38(62)12-14-55-39(63)22-71-54)72-47-43(66)41(64)42(65)44(74-47)45(67)68/h3-7,10-11,13,15-16,31-32,34,37,40-44,46-47,58,60,64-66H,8-9,12,14,17-25,54H2,1-2H3,(H,55,63)(H,56,62)(H,57,69)(H,67,68)/t31-,32-,34-,37+,40+,41-,42-,43+,44-,46-,47+,49-,50-,51?,52?,53+/m0/s1. The van der Waals surface area contributed by atoms with E-state index in [0.29, 0.717) is 12.0 Å². The number of aliphatic hydroxyl groups is 5. The van der Waals surface area contributed by atoms with Gasteiger partial charge in [0, 0.05) is 40.8 Å². The first-order chi connectivity index (χ1) is 35.7. The maximum absolute atomic E-state index is 14.0. The minimum absolute atomic E-state index is 0.0166. The molecule has 22 heteroatoms. The predicted octanol–water partition coefficient (Wildman–Crippen LogP) is 1.29. The fourth-order valence-electron chi connectivity index (χ4n) is 14.6. The Labute approximate surface area is 430 Å². The minimum atomic E-state index is -1.96. The molecule has 22 nitrogen and oxygen atoms in total. The topological polar surface area (TPSA) is 341 Å². The summed E-state index contributed by atoms with van der Waals surface area (Å²) in [6, 6.07) is 12.1. The molecule has 8 fully saturated rings. The summed E-state index contributed by atoms with van der Waals surface area (Å²) in [5, 5.41) is 70.9. The Bertz CT molecular complexity index is 2680. The van der Waals surface area contributed by atoms with Crippen LogP contribution in [0.1, 0.15) is 88.2 Å². The van der Waals surface area contributed by atoms with Gasteiger partial charge in [0.15, 0.2) is 29.6 Å². The van der Waals surface area contributed by atoms with Gasteiger partial charge in [-0.2, -0.15) is 0 Å². The van der Waals surface area contributed by atoms with Gasteiger partial charge in [0.2, 0.25) is 18.1 Å². The summed E-state index contributed by atoms with van der Waals surface area (Å²) in [7, 11) is 0. The average molecular weight is 1050 g/mol. The summed E-state index contributed by atoms with van der Waals surface area (Å²) in [6.07, 6.45) is -2.21. The molecule has 75 heavy (non-hydrogen) atoms. The fourth-order valence-corrected chi connectivity index (χ4v) is 14.6. The normalized spacial score (nSPS) is 38.7. The van der Waals surface area contributed by atoms with Crippen molar-refractivity contribution in [2.75, 3.05) is 25.1 Å². The number of aliphatic hydroxyl groups excluding tert-OH is 5. The van der Waals surface area contributed by atoms with Crippen LogP contribution < -0.4 is 26.6 Å². The zero-order valence-corrected chi connectivity index (χ0v) is 41.5. The monoisotopic (exact) mass is 1040 g/mol. The number of Topliss-reactive ketones (excluding diaryl/α,β-unsaturated/α-hetero) is 1. The summed E-state index contributed by atoms with van der Waals surface area (Å²) in [6.45, 7) is 2.61. The summed E-state index contributed by atoms with van der Waals surface area (Å²) >= 11 is 0. The van der Waals surface area contributed by atoms with Crippen molar-refractivity contribution in [1.29, 1.82) is 0 Å². The molecule has 0 radical (unpaired) electrons. The number of hydrogen-bond acceptors (Lipinski definition) is 18. The highest BCUT2D eigenvalue weighted by molar-refractivity contribution is 6.01. The molecule has 11 rings (SSSR count). The number of carboxylic acid groups (broad SMARTS) is 1. The van der Waals surface area contributed by atoms with Crippen LogP contribution in [0.3, 0.4) is 0 Å². The van der Waals surface area contributed by atoms with Crippen molar-refractivity contribution in [3.8, 4) is 5.75 Å². The number of aliphatic carboxylic acids is 1. The molecule has 9 aliphatic rings. The molecule has 6 saturated carbocycles. The number of fused-ring (bicyclic) bond motifs is 7. The van der Waals surface area contributed by atoms with E-state index in [4.69, 9.17) is 29.6 Å². The Morgan fingerprint density at radius 2 is 1.65 bits per heavy atom. The smallest absolute Gasteiger partial charge is 0.407 e. The number of carbonyl (C=O) groups excluding carboxylic acids is 5. The number of anilines is 1. The maximum atomic E-state index is 14.0. The van der Waals surface area contributed by atoms with Crippen molar-refractivity contribution >= 4 is 41.1 Å². The van der Waals surface area contributed by atoms with Gasteiger partial charge in [-0.15, -0.1) is 0 Å². The van der Waals surface area contributed by atoms with E-state index < -0.39 is 114 Å². The average Bonchev–Trinajstić information content (AvgIpc) is 3.85. The molecule has 2 aromatic rings. The minimum Gasteiger partial charge on any atom is -0.479 e. The van der Waals surface area contributed by atoms with E-state index in [2.05, 4.69) is 27.7 Å². The zero-order chi connectivity index (χ0) is 53.4. The number of nitrogens with one attached hydrogen (secondary N) is 3. The summed E-state index contributed by atoms with van der Waals surface area (Å²) in [5.41, 5.74) is -0.0114. The van der Waals surface area contributed by atoms with Crippen LogP contribution in [-0.4, -0.2) is 140 Å². The molecule has 14 atom stereocenters. The van der Waals surface area contributed by atoms with E-state index in [0.717, 1.165) is 55.2 Å². The van der Waals surface area contributed by atoms with Gasteiger partial charge in [-0.05, 0) is 104 Å². The highest BCUT2D eigenvalue weighted by Crippen LogP contribution is 2.71. The third-order valence-electron chi connectivity index (χ3n) is 17.8. The molecular formula is C53H64N4O18. The molecule has 7 aliphatic carbocycles. The number of nitrogens with two attached hydrogens (primary N) is 1. The second-order valence-electron chi connectivity index (χ2n) is 22.4. The van der Waals surface area contributed by atoms with Crippen molar-refractivity contribution < 1.29 is 87.9 Å². The van der Waals surface area contributed by atoms with Crippen molar-refractivity contribution in [2.24, 2.45) is 39.9 Å². The summed E-state index contributed by atoms with van der Waals surface area (Å²) < 4.78 is 30.0. The molecule has 2 aromatic carbocycles. The van der Waals surface area contributed by atoms with Gasteiger partial charge < -0.3 is 70.3 Å². The Balaban J connectivity index is 0.738. The molecule has 404 valence electrons. The molecule has 0 spiro atoms. The van der Waals surface area contributed by atoms with Crippen LogP contribution in [0.2, 0.25) is 0 Å². The van der Waals surface area contributed by atoms with Gasteiger partial charge in [0.05, 0.1) is 17.9 Å². The third kappa shape index (κ3) is 9.15. The number of rotatable bonds is 17. The summed E-state index contributed by atoms with van der Waals surface area (Å²) in [5.74, 6) is 1.37. The van der Waals surface area contributed by atoms with Crippen molar-refractivity contribution in [3.63, 3.8) is 0 Å². The van der Waals surface area contributed by atoms with Gasteiger partial charge in [-0.3, -0.25) is 24.0 Å². The quantitative estimate of drug-likeness (QED) is 0.0998. The zero-order valence-electron chi connectivity index (χ0n) is 41.5. The second-order valence-corrected chi connectivity index (χ2v) is 22.4. The highest BCUT2D eigenvalue weighted by Gasteiger charge is 2.76. The van der Waals surface area contributed by atoms with Crippen LogP contribution in [0, 0.1) is 34.0 Å². The lowest BCUT2D eigenvalue weighted by Gasteiger charge is -2.70. The van der Waals surface area contributed by atoms with E-state index in [1.807, 2.05) is 37.3 Å². The number of amides is 3. The predicted molar refractivity (Wildman–Crippen MR) is 257 cm³/mol. The number of carbonyl (C=O) groups is 6. The fraction of sp³-hybridized carbons (Fsp3) is 0.585. The van der Waals surface area contributed by atoms with E-state index in [9.17, 15) is 59.4 Å². The number of ether oxygens (including phenoxy) is 5. The Kier molecular flexibility index (Phi) is 13.9. The first kappa shape index (κ1) is 52.8. The molecule has 3 amide bonds. The van der Waals surface area contributed by atoms with Crippen LogP contribution in [-0.2, 0) is 60.8 Å². The van der Waals surface area contributed by atoms with E-state index >= 15 is 0 Å². The Morgan fingerprint density at radius 1 is 0.920 bits per heavy atom. The van der Waals surface area contributed by atoms with Crippen molar-refractivity contribution in [2.45, 2.75) is 139 Å². The Morgan fingerprint density at radius 3 is 2.36 bits per heavy atom. The van der Waals surface area contributed by atoms with E-state index in [1.54, 1.807) is 12.2 Å². The molecule has 2 bridgehead atoms. The van der Waals surface area contributed by atoms with Gasteiger partial charge >= 0.3 is 12.1 Å². The SMILES string of the molecule is C[C@]12C=CC(=O)C=C1CC[C@@H]1[C@@H]2[C@@H](O)C[C@@]2(C)[C@H]1C[C@H]1O[C@H](c3ccc(CC45CC(NC(=O)OCc6ccc(O[C@@H]7O[C@H](C(=O)O)[C@@H](O)[C@H](O)[C@H]7O)c(NC(=O)CCNC(=O)CON)c6)(C4)C5)cc3)O[C@]12C(=O)CO. The van der Waals surface area contributed by atoms with Crippen LogP contribution in [0.25, 0.3) is 0 Å². The number of ketones is 2. The van der Waals surface area contributed by atoms with Crippen molar-refractivity contribution in [1.82, 2.24) is 10.6 Å². The molecular weight excluding hydrogens is 981 g/mol. The molecule has 2 heterocycles. The first-order valence-corrected chi connectivity index (χ1v) is 25.4. The molecule has 2 saturated heterocycles. The first-order valence-electron chi connectivity index (χ1n) is 25.4. The Hall–Kier alpha value is -5.66. The molecule has 0 aromatic heterocycles. The van der Waals surface area contributed by atoms with Crippen LogP contribution in [0.5, 0.6) is 5.75 Å². The van der Waals surface area contributed by atoms with Crippen LogP contribution in [0.4, 0.5) is 10.5 Å². The van der Waals surface area contributed by atoms with E-state index in [1.165, 1.54) is 18.2 Å². The summed E-state index contributed by atoms with van der Waals surface area (Å²) in [4.78, 5) is 80.1. The van der Waals surface area contributed by atoms with Crippen molar-refractivity contribution in [3.05, 3.63) is 83.0 Å². The number of allylic oxidation sites excluding steroid dienone is 4. The maximum Gasteiger partial charge on any atom is 0.407 e. The number of benzene rings is 2. The molecule has 11 N–H and O–H groups in total. The molecule has 2 aliphatic heterocycles. The van der Waals surface area contributed by atoms with Crippen LogP contribution in [0.15, 0.2) is 66.3 Å². The number of carboxylic acids is 1. The number of alkyl carbamates (subject to hydrolysis) is 1. The van der Waals surface area contributed by atoms with Crippen LogP contribution >= 0.6 is 0 Å².